The Morgan fingerprint density at radius 3 is 2.52 bits per heavy atom. The van der Waals surface area contributed by atoms with Crippen LogP contribution in [0.15, 0.2) is 65.2 Å². The van der Waals surface area contributed by atoms with Gasteiger partial charge in [-0.15, -0.1) is 0 Å². The summed E-state index contributed by atoms with van der Waals surface area (Å²) < 4.78 is 10.5. The molecule has 1 N–H and O–H groups in total. The molecule has 3 aromatic rings. The third-order valence-electron chi connectivity index (χ3n) is 4.31. The normalized spacial score (nSPS) is 13.2. The molecule has 6 heteroatoms. The van der Waals surface area contributed by atoms with Gasteiger partial charge in [0.1, 0.15) is 5.69 Å². The lowest BCUT2D eigenvalue weighted by atomic mass is 10.1. The number of rotatable bonds is 6. The van der Waals surface area contributed by atoms with Crippen LogP contribution in [-0.2, 0) is 16.1 Å². The number of nitrogens with zero attached hydrogens (tertiary/aromatic N) is 1. The number of amides is 1. The van der Waals surface area contributed by atoms with E-state index < -0.39 is 5.97 Å². The average Bonchev–Trinajstić information content (AvgIpc) is 3.46. The van der Waals surface area contributed by atoms with Crippen LogP contribution in [0.3, 0.4) is 0 Å². The van der Waals surface area contributed by atoms with Gasteiger partial charge in [0, 0.05) is 23.2 Å². The summed E-state index contributed by atoms with van der Waals surface area (Å²) in [6.45, 7) is -0.00116. The van der Waals surface area contributed by atoms with Gasteiger partial charge >= 0.3 is 5.97 Å². The van der Waals surface area contributed by atoms with Crippen LogP contribution in [0.1, 0.15) is 29.0 Å². The SMILES string of the molecule is O=C(OCc1cc(-c2ccccc2)no1)c1ccc(NC(=O)C2CC2)cc1. The highest BCUT2D eigenvalue weighted by Gasteiger charge is 2.29. The molecule has 0 spiro atoms. The molecule has 0 saturated heterocycles. The second kappa shape index (κ2) is 7.45. The molecule has 1 aliphatic rings. The molecule has 6 nitrogen and oxygen atoms in total. The maximum absolute atomic E-state index is 12.2. The van der Waals surface area contributed by atoms with Crippen LogP contribution in [0.4, 0.5) is 5.69 Å². The summed E-state index contributed by atoms with van der Waals surface area (Å²) in [6.07, 6.45) is 1.90. The molecule has 1 saturated carbocycles. The summed E-state index contributed by atoms with van der Waals surface area (Å²) >= 11 is 0. The lowest BCUT2D eigenvalue weighted by molar-refractivity contribution is -0.117. The van der Waals surface area contributed by atoms with Gasteiger partial charge in [-0.3, -0.25) is 4.79 Å². The van der Waals surface area contributed by atoms with E-state index in [-0.39, 0.29) is 18.4 Å². The van der Waals surface area contributed by atoms with Crippen molar-refractivity contribution in [2.45, 2.75) is 19.4 Å². The standard InChI is InChI=1S/C21H18N2O4/c24-20(15-6-7-15)22-17-10-8-16(9-11-17)21(25)26-13-18-12-19(23-27-18)14-4-2-1-3-5-14/h1-5,8-12,15H,6-7,13H2,(H,22,24). The summed E-state index contributed by atoms with van der Waals surface area (Å²) in [5, 5.41) is 6.82. The van der Waals surface area contributed by atoms with Crippen molar-refractivity contribution in [2.24, 2.45) is 5.92 Å². The Morgan fingerprint density at radius 2 is 1.81 bits per heavy atom. The summed E-state index contributed by atoms with van der Waals surface area (Å²) in [7, 11) is 0. The summed E-state index contributed by atoms with van der Waals surface area (Å²) in [5.41, 5.74) is 2.70. The minimum atomic E-state index is -0.465. The molecular weight excluding hydrogens is 344 g/mol. The predicted molar refractivity (Wildman–Crippen MR) is 98.9 cm³/mol. The molecule has 1 fully saturated rings. The fourth-order valence-electron chi connectivity index (χ4n) is 2.63. The van der Waals surface area contributed by atoms with E-state index in [9.17, 15) is 9.59 Å². The highest BCUT2D eigenvalue weighted by atomic mass is 16.5. The van der Waals surface area contributed by atoms with Gasteiger partial charge in [0.15, 0.2) is 12.4 Å². The number of hydrogen-bond acceptors (Lipinski definition) is 5. The van der Waals surface area contributed by atoms with Crippen LogP contribution >= 0.6 is 0 Å². The van der Waals surface area contributed by atoms with E-state index in [1.807, 2.05) is 30.3 Å². The second-order valence-corrected chi connectivity index (χ2v) is 6.46. The molecule has 0 unspecified atom stereocenters. The molecule has 0 radical (unpaired) electrons. The first kappa shape index (κ1) is 17.0. The van der Waals surface area contributed by atoms with Gasteiger partial charge in [0.05, 0.1) is 5.56 Å². The Hall–Kier alpha value is -3.41. The summed E-state index contributed by atoms with van der Waals surface area (Å²) in [4.78, 5) is 23.9. The molecule has 0 aliphatic heterocycles. The maximum Gasteiger partial charge on any atom is 0.338 e. The van der Waals surface area contributed by atoms with Gasteiger partial charge in [-0.2, -0.15) is 0 Å². The predicted octanol–water partition coefficient (Wildman–Crippen LogP) is 4.05. The van der Waals surface area contributed by atoms with E-state index >= 15 is 0 Å². The first-order valence-electron chi connectivity index (χ1n) is 8.78. The number of nitrogens with one attached hydrogen (secondary N) is 1. The Balaban J connectivity index is 1.32. The van der Waals surface area contributed by atoms with Crippen LogP contribution in [-0.4, -0.2) is 17.0 Å². The van der Waals surface area contributed by atoms with Crippen LogP contribution in [0.2, 0.25) is 0 Å². The molecule has 0 bridgehead atoms. The zero-order chi connectivity index (χ0) is 18.6. The van der Waals surface area contributed by atoms with Gasteiger partial charge in [0.25, 0.3) is 0 Å². The van der Waals surface area contributed by atoms with Crippen molar-refractivity contribution in [3.8, 4) is 11.3 Å². The first-order chi connectivity index (χ1) is 13.2. The van der Waals surface area contributed by atoms with Crippen LogP contribution in [0.25, 0.3) is 11.3 Å². The van der Waals surface area contributed by atoms with E-state index in [4.69, 9.17) is 9.26 Å². The number of esters is 1. The lowest BCUT2D eigenvalue weighted by Crippen LogP contribution is -2.13. The molecule has 27 heavy (non-hydrogen) atoms. The third kappa shape index (κ3) is 4.23. The third-order valence-corrected chi connectivity index (χ3v) is 4.31. The number of carbonyl (C=O) groups excluding carboxylic acids is 2. The smallest absolute Gasteiger partial charge is 0.338 e. The first-order valence-corrected chi connectivity index (χ1v) is 8.78. The van der Waals surface area contributed by atoms with Gasteiger partial charge < -0.3 is 14.6 Å². The Kier molecular flexibility index (Phi) is 4.70. The van der Waals surface area contributed by atoms with Crippen molar-refractivity contribution < 1.29 is 18.8 Å². The van der Waals surface area contributed by atoms with Gasteiger partial charge in [0.2, 0.25) is 5.91 Å². The molecule has 136 valence electrons. The topological polar surface area (TPSA) is 81.4 Å². The molecule has 1 aromatic heterocycles. The molecule has 1 amide bonds. The van der Waals surface area contributed by atoms with Crippen molar-refractivity contribution in [2.75, 3.05) is 5.32 Å². The van der Waals surface area contributed by atoms with Crippen molar-refractivity contribution in [1.29, 1.82) is 0 Å². The van der Waals surface area contributed by atoms with E-state index in [0.717, 1.165) is 18.4 Å². The highest BCUT2D eigenvalue weighted by molar-refractivity contribution is 5.95. The lowest BCUT2D eigenvalue weighted by Gasteiger charge is -2.06. The Labute approximate surface area is 156 Å². The Morgan fingerprint density at radius 1 is 1.07 bits per heavy atom. The average molecular weight is 362 g/mol. The van der Waals surface area contributed by atoms with Gasteiger partial charge in [-0.05, 0) is 37.1 Å². The molecule has 2 aromatic carbocycles. The van der Waals surface area contributed by atoms with Crippen molar-refractivity contribution >= 4 is 17.6 Å². The molecule has 1 heterocycles. The fraction of sp³-hybridized carbons (Fsp3) is 0.190. The molecular formula is C21H18N2O4. The fourth-order valence-corrected chi connectivity index (χ4v) is 2.63. The largest absolute Gasteiger partial charge is 0.454 e. The number of anilines is 1. The monoisotopic (exact) mass is 362 g/mol. The molecule has 1 aliphatic carbocycles. The molecule has 4 rings (SSSR count). The van der Waals surface area contributed by atoms with Crippen LogP contribution in [0.5, 0.6) is 0 Å². The Bertz CT molecular complexity index is 944. The number of ether oxygens (including phenoxy) is 1. The van der Waals surface area contributed by atoms with Gasteiger partial charge in [-0.25, -0.2) is 4.79 Å². The minimum Gasteiger partial charge on any atom is -0.454 e. The van der Waals surface area contributed by atoms with E-state index in [1.54, 1.807) is 30.3 Å². The maximum atomic E-state index is 12.2. The zero-order valence-electron chi connectivity index (χ0n) is 14.6. The van der Waals surface area contributed by atoms with E-state index in [2.05, 4.69) is 10.5 Å². The highest BCUT2D eigenvalue weighted by Crippen LogP contribution is 2.30. The number of benzene rings is 2. The van der Waals surface area contributed by atoms with E-state index in [0.29, 0.717) is 22.7 Å². The van der Waals surface area contributed by atoms with Crippen molar-refractivity contribution in [1.82, 2.24) is 5.16 Å². The number of hydrogen-bond donors (Lipinski definition) is 1. The van der Waals surface area contributed by atoms with Crippen molar-refractivity contribution in [3.05, 3.63) is 72.0 Å². The zero-order valence-corrected chi connectivity index (χ0v) is 14.6. The van der Waals surface area contributed by atoms with Crippen molar-refractivity contribution in [3.63, 3.8) is 0 Å². The number of carbonyl (C=O) groups is 2. The van der Waals surface area contributed by atoms with Gasteiger partial charge in [-0.1, -0.05) is 35.5 Å². The van der Waals surface area contributed by atoms with Crippen LogP contribution in [0, 0.1) is 5.92 Å². The number of aromatic nitrogens is 1. The summed E-state index contributed by atoms with van der Waals surface area (Å²) in [5.74, 6) is 0.172. The summed E-state index contributed by atoms with van der Waals surface area (Å²) in [6, 6.07) is 18.0. The quantitative estimate of drug-likeness (QED) is 0.669. The van der Waals surface area contributed by atoms with Crippen LogP contribution < -0.4 is 5.32 Å². The molecule has 0 atom stereocenters. The minimum absolute atomic E-state index is 0.00116. The second-order valence-electron chi connectivity index (χ2n) is 6.46. The van der Waals surface area contributed by atoms with E-state index in [1.165, 1.54) is 0 Å².